The number of benzene rings is 11. The number of hydrogen-bond acceptors (Lipinski definition) is 7. The van der Waals surface area contributed by atoms with Crippen LogP contribution in [0.25, 0.3) is 10.8 Å². The van der Waals surface area contributed by atoms with Crippen LogP contribution in [-0.4, -0.2) is 43.8 Å². The zero-order chi connectivity index (χ0) is 88.2. The van der Waals surface area contributed by atoms with Crippen LogP contribution in [0.3, 0.4) is 0 Å². The lowest BCUT2D eigenvalue weighted by molar-refractivity contribution is -0.137. The fraction of sp³-hybridized carbons (Fsp3) is 0.385. The first-order chi connectivity index (χ1) is 55.2. The Morgan fingerprint density at radius 3 is 1.12 bits per heavy atom. The van der Waals surface area contributed by atoms with E-state index in [0.29, 0.717) is 69.4 Å². The van der Waals surface area contributed by atoms with Crippen LogP contribution in [0.1, 0.15) is 287 Å². The average Bonchev–Trinajstić information content (AvgIpc) is 0.819. The molecule has 0 aliphatic heterocycles. The third kappa shape index (κ3) is 38.6. The lowest BCUT2D eigenvalue weighted by Gasteiger charge is -2.12. The van der Waals surface area contributed by atoms with E-state index in [0.717, 1.165) is 45.8 Å². The van der Waals surface area contributed by atoms with Crippen molar-refractivity contribution in [2.45, 2.75) is 237 Å². The standard InChI is InChI=1S/C13H14.C11H16O2.C11H16O.C10H10ClF3.C10H13ClO.C10H13FO.2C10H14O.C10H14.C9H12/c1-10(2)12-9-5-7-11-6-3-4-8-13(11)12;1-8(2)9-4-5-10(7-12)11(6-9)13-3;1-8(2)10-6-5-9(3)11(7-10)12-4;1-6(2)7-3-4-9(11)8(5-7)10(12,13)14;2*1-7(2)8-3-4-9(6-12)10(11)5-8;1-8(2)9-4-6-10(11-3)7-5-9;1-8(2)9-5-4-6-10(7-9)11-3;1-8(2)10-6-4-5-9(3)7-10;1-8(2)9-6-4-3-5-7-9/h3-10H,1-2H3;4-6,8,12H,7H2,1-3H3;5-8H,1-4H3;3-6H,1-2H3;2*3-5,7,12H,6H2,1-2H3;2*4-8H,1-3H3;4-8H,1-3H3;3-8H,1-2H3. The van der Waals surface area contributed by atoms with Crippen LogP contribution in [0, 0.1) is 19.7 Å². The van der Waals surface area contributed by atoms with Crippen LogP contribution >= 0.6 is 23.2 Å². The highest BCUT2D eigenvalue weighted by Crippen LogP contribution is 2.37. The monoisotopic (exact) mass is 1640 g/mol. The number of aliphatic hydroxyl groups is 3. The highest BCUT2D eigenvalue weighted by molar-refractivity contribution is 6.31. The summed E-state index contributed by atoms with van der Waals surface area (Å²) in [5.74, 6) is 8.32. The summed E-state index contributed by atoms with van der Waals surface area (Å²) >= 11 is 11.4. The Morgan fingerprint density at radius 1 is 0.308 bits per heavy atom. The van der Waals surface area contributed by atoms with Crippen molar-refractivity contribution in [1.82, 2.24) is 0 Å². The van der Waals surface area contributed by atoms with E-state index < -0.39 is 11.7 Å². The van der Waals surface area contributed by atoms with Crippen molar-refractivity contribution in [3.05, 3.63) is 341 Å². The Hall–Kier alpha value is -8.94. The molecular formula is C104H136Cl2F4O7. The molecule has 0 fully saturated rings. The van der Waals surface area contributed by atoms with E-state index in [-0.39, 0.29) is 36.6 Å². The Kier molecular flexibility index (Phi) is 48.9. The number of halogens is 6. The third-order valence-electron chi connectivity index (χ3n) is 19.2. The minimum absolute atomic E-state index is 0.0111. The van der Waals surface area contributed by atoms with Crippen molar-refractivity contribution in [2.24, 2.45) is 0 Å². The van der Waals surface area contributed by atoms with Crippen molar-refractivity contribution >= 4 is 34.0 Å². The predicted octanol–water partition coefficient (Wildman–Crippen LogP) is 30.8. The molecule has 0 saturated carbocycles. The summed E-state index contributed by atoms with van der Waals surface area (Å²) in [6, 6.07) is 77.7. The smallest absolute Gasteiger partial charge is 0.417 e. The molecule has 3 N–H and O–H groups in total. The molecule has 7 nitrogen and oxygen atoms in total. The van der Waals surface area contributed by atoms with Crippen molar-refractivity contribution in [2.75, 3.05) is 28.4 Å². The average molecular weight is 1650 g/mol. The molecule has 0 amide bonds. The quantitative estimate of drug-likeness (QED) is 0.0782. The number of aryl methyl sites for hydroxylation is 2. The van der Waals surface area contributed by atoms with Crippen molar-refractivity contribution in [3.8, 4) is 23.0 Å². The minimum atomic E-state index is -4.37. The van der Waals surface area contributed by atoms with E-state index in [1.807, 2.05) is 100 Å². The zero-order valence-corrected chi connectivity index (χ0v) is 76.2. The number of aliphatic hydroxyl groups excluding tert-OH is 3. The van der Waals surface area contributed by atoms with Crippen LogP contribution in [0.5, 0.6) is 23.0 Å². The Bertz CT molecular complexity index is 4500. The van der Waals surface area contributed by atoms with Gasteiger partial charge in [0.25, 0.3) is 0 Å². The van der Waals surface area contributed by atoms with Gasteiger partial charge in [-0.15, -0.1) is 0 Å². The number of methoxy groups -OCH3 is 4. The Morgan fingerprint density at radius 2 is 0.684 bits per heavy atom. The first kappa shape index (κ1) is 104. The molecule has 11 aromatic carbocycles. The highest BCUT2D eigenvalue weighted by Gasteiger charge is 2.33. The van der Waals surface area contributed by atoms with Crippen LogP contribution in [0.4, 0.5) is 17.6 Å². The van der Waals surface area contributed by atoms with Crippen LogP contribution in [0.15, 0.2) is 237 Å². The second kappa shape index (κ2) is 54.9. The van der Waals surface area contributed by atoms with Crippen molar-refractivity contribution in [1.29, 1.82) is 0 Å². The predicted molar refractivity (Wildman–Crippen MR) is 491 cm³/mol. The van der Waals surface area contributed by atoms with E-state index >= 15 is 0 Å². The molecule has 11 aromatic rings. The zero-order valence-electron chi connectivity index (χ0n) is 74.7. The van der Waals surface area contributed by atoms with E-state index in [4.69, 9.17) is 57.5 Å². The summed E-state index contributed by atoms with van der Waals surface area (Å²) < 4.78 is 70.8. The van der Waals surface area contributed by atoms with Crippen LogP contribution in [0.2, 0.25) is 10.0 Å². The van der Waals surface area contributed by atoms with Gasteiger partial charge in [-0.25, -0.2) is 4.39 Å². The third-order valence-corrected chi connectivity index (χ3v) is 19.9. The molecule has 0 radical (unpaired) electrons. The van der Waals surface area contributed by atoms with E-state index in [1.54, 1.807) is 40.6 Å². The molecule has 13 heteroatoms. The molecule has 11 rings (SSSR count). The number of alkyl halides is 3. The Balaban J connectivity index is 0.000000442. The van der Waals surface area contributed by atoms with Gasteiger partial charge in [0.15, 0.2) is 0 Å². The van der Waals surface area contributed by atoms with Gasteiger partial charge in [-0.05, 0) is 211 Å². The molecule has 0 spiro atoms. The molecule has 0 aliphatic carbocycles. The molecule has 0 saturated heterocycles. The fourth-order valence-corrected chi connectivity index (χ4v) is 11.8. The molecule has 0 heterocycles. The van der Waals surface area contributed by atoms with Gasteiger partial charge in [0.1, 0.15) is 28.8 Å². The topological polar surface area (TPSA) is 97.6 Å². The summed E-state index contributed by atoms with van der Waals surface area (Å²) in [7, 11) is 6.72. The normalized spacial score (nSPS) is 10.7. The maximum absolute atomic E-state index is 13.1. The molecule has 0 aromatic heterocycles. The SMILES string of the molecule is CC(C)c1ccc(CO)c(Cl)c1.CC(C)c1ccc(CO)c(F)c1.CC(C)c1ccc(Cl)c(C(F)(F)F)c1.CC(C)c1cccc2ccccc12.CC(C)c1ccccc1.COc1cc(C(C)C)ccc1C.COc1cc(C(C)C)ccc1CO.COc1ccc(C(C)C)cc1.COc1cccc(C(C)C)c1.Cc1cccc(C(C)C)c1. The number of rotatable bonds is 17. The minimum Gasteiger partial charge on any atom is -0.497 e. The van der Waals surface area contributed by atoms with Gasteiger partial charge in [-0.1, -0.05) is 343 Å². The van der Waals surface area contributed by atoms with Gasteiger partial charge in [-0.2, -0.15) is 13.2 Å². The van der Waals surface area contributed by atoms with Gasteiger partial charge < -0.3 is 34.3 Å². The first-order valence-electron chi connectivity index (χ1n) is 40.7. The molecular weight excluding hydrogens is 1510 g/mol. The summed E-state index contributed by atoms with van der Waals surface area (Å²) in [5.41, 5.74) is 16.1. The Labute approximate surface area is 711 Å². The summed E-state index contributed by atoms with van der Waals surface area (Å²) in [4.78, 5) is 0. The van der Waals surface area contributed by atoms with Gasteiger partial charge in [0.2, 0.25) is 0 Å². The van der Waals surface area contributed by atoms with Gasteiger partial charge in [0, 0.05) is 16.1 Å². The summed E-state index contributed by atoms with van der Waals surface area (Å²) in [6.07, 6.45) is -4.37. The fourth-order valence-electron chi connectivity index (χ4n) is 11.3. The maximum Gasteiger partial charge on any atom is 0.417 e. The molecule has 636 valence electrons. The van der Waals surface area contributed by atoms with Crippen LogP contribution in [-0.2, 0) is 26.0 Å². The van der Waals surface area contributed by atoms with E-state index in [9.17, 15) is 17.6 Å². The molecule has 117 heavy (non-hydrogen) atoms. The molecule has 0 aliphatic rings. The molecule has 0 bridgehead atoms. The van der Waals surface area contributed by atoms with Gasteiger partial charge in [0.05, 0.1) is 58.8 Å². The van der Waals surface area contributed by atoms with E-state index in [2.05, 4.69) is 258 Å². The molecule has 0 unspecified atom stereocenters. The number of ether oxygens (including phenoxy) is 4. The lowest BCUT2D eigenvalue weighted by Crippen LogP contribution is -2.06. The lowest BCUT2D eigenvalue weighted by atomic mass is 9.96. The van der Waals surface area contributed by atoms with Gasteiger partial charge in [-0.3, -0.25) is 0 Å². The summed E-state index contributed by atoms with van der Waals surface area (Å²) in [5, 5.41) is 29.7. The van der Waals surface area contributed by atoms with Crippen molar-refractivity contribution in [3.63, 3.8) is 0 Å². The highest BCUT2D eigenvalue weighted by atomic mass is 35.5. The second-order valence-corrected chi connectivity index (χ2v) is 32.5. The van der Waals surface area contributed by atoms with Gasteiger partial charge >= 0.3 is 6.18 Å². The second-order valence-electron chi connectivity index (χ2n) is 31.7. The van der Waals surface area contributed by atoms with Crippen LogP contribution < -0.4 is 18.9 Å². The molecule has 0 atom stereocenters. The van der Waals surface area contributed by atoms with Crippen molar-refractivity contribution < 1.29 is 51.8 Å². The number of fused-ring (bicyclic) bond motifs is 1. The number of hydrogen-bond donors (Lipinski definition) is 3. The van der Waals surface area contributed by atoms with E-state index in [1.165, 1.54) is 78.5 Å². The summed E-state index contributed by atoms with van der Waals surface area (Å²) in [6.45, 7) is 46.6. The first-order valence-corrected chi connectivity index (χ1v) is 41.4. The maximum atomic E-state index is 13.1. The largest absolute Gasteiger partial charge is 0.497 e.